The van der Waals surface area contributed by atoms with Gasteiger partial charge in [-0.3, -0.25) is 14.8 Å². The lowest BCUT2D eigenvalue weighted by Gasteiger charge is -2.03. The molecule has 0 aliphatic carbocycles. The van der Waals surface area contributed by atoms with Crippen LogP contribution in [0.15, 0.2) is 6.20 Å². The van der Waals surface area contributed by atoms with Crippen LogP contribution in [0.5, 0.6) is 0 Å². The molecule has 0 unspecified atom stereocenters. The van der Waals surface area contributed by atoms with Gasteiger partial charge in [-0.25, -0.2) is 0 Å². The van der Waals surface area contributed by atoms with Gasteiger partial charge in [-0.1, -0.05) is 0 Å². The highest BCUT2D eigenvalue weighted by atomic mass is 19.3. The highest BCUT2D eigenvalue weighted by Gasteiger charge is 2.16. The van der Waals surface area contributed by atoms with Crippen LogP contribution in [-0.2, 0) is 11.3 Å². The summed E-state index contributed by atoms with van der Waals surface area (Å²) >= 11 is 0. The molecule has 0 amide bonds. The molecule has 0 N–H and O–H groups in total. The van der Waals surface area contributed by atoms with Gasteiger partial charge in [0, 0.05) is 0 Å². The number of nitrogens with zero attached hydrogens (tertiary/aromatic N) is 3. The number of nitro groups is 1. The van der Waals surface area contributed by atoms with Crippen LogP contribution in [0.3, 0.4) is 0 Å². The van der Waals surface area contributed by atoms with E-state index in [-0.39, 0.29) is 18.8 Å². The van der Waals surface area contributed by atoms with E-state index in [2.05, 4.69) is 9.84 Å². The molecule has 1 aromatic rings. The standard InChI is InChI=1S/C7H9F2N3O3/c1-5-6(12(13)14)4-10-11(5)2-3-15-7(8)9/h4,7H,2-3H2,1H3. The molecule has 0 atom stereocenters. The second kappa shape index (κ2) is 4.78. The summed E-state index contributed by atoms with van der Waals surface area (Å²) in [7, 11) is 0. The van der Waals surface area contributed by atoms with Crippen LogP contribution >= 0.6 is 0 Å². The number of ether oxygens (including phenoxy) is 1. The SMILES string of the molecule is Cc1c([N+](=O)[O-])cnn1CCOC(F)F. The fraction of sp³-hybridized carbons (Fsp3) is 0.571. The van der Waals surface area contributed by atoms with Crippen molar-refractivity contribution in [1.82, 2.24) is 9.78 Å². The molecule has 0 aliphatic rings. The predicted molar refractivity (Wildman–Crippen MR) is 45.6 cm³/mol. The first-order valence-electron chi connectivity index (χ1n) is 4.09. The minimum Gasteiger partial charge on any atom is -0.321 e. The molecule has 0 aromatic carbocycles. The quantitative estimate of drug-likeness (QED) is 0.555. The number of aromatic nitrogens is 2. The molecular formula is C7H9F2N3O3. The van der Waals surface area contributed by atoms with E-state index in [1.807, 2.05) is 0 Å². The molecule has 0 saturated heterocycles. The zero-order chi connectivity index (χ0) is 11.4. The molecular weight excluding hydrogens is 212 g/mol. The lowest BCUT2D eigenvalue weighted by Crippen LogP contribution is -2.11. The molecule has 6 nitrogen and oxygen atoms in total. The highest BCUT2D eigenvalue weighted by molar-refractivity contribution is 5.31. The van der Waals surface area contributed by atoms with E-state index in [1.165, 1.54) is 11.6 Å². The van der Waals surface area contributed by atoms with Gasteiger partial charge in [0.25, 0.3) is 0 Å². The Bertz CT molecular complexity index is 353. The van der Waals surface area contributed by atoms with Crippen molar-refractivity contribution in [3.8, 4) is 0 Å². The zero-order valence-electron chi connectivity index (χ0n) is 7.89. The van der Waals surface area contributed by atoms with E-state index in [4.69, 9.17) is 0 Å². The Balaban J connectivity index is 2.59. The third kappa shape index (κ3) is 2.94. The molecule has 0 spiro atoms. The van der Waals surface area contributed by atoms with E-state index in [0.717, 1.165) is 6.20 Å². The molecule has 0 bridgehead atoms. The van der Waals surface area contributed by atoms with Gasteiger partial charge in [0.2, 0.25) is 0 Å². The van der Waals surface area contributed by atoms with Crippen LogP contribution < -0.4 is 0 Å². The third-order valence-electron chi connectivity index (χ3n) is 1.82. The van der Waals surface area contributed by atoms with Gasteiger partial charge >= 0.3 is 12.3 Å². The fourth-order valence-electron chi connectivity index (χ4n) is 1.07. The number of hydrogen-bond acceptors (Lipinski definition) is 4. The summed E-state index contributed by atoms with van der Waals surface area (Å²) in [5.74, 6) is 0. The largest absolute Gasteiger partial charge is 0.345 e. The Morgan fingerprint density at radius 3 is 2.87 bits per heavy atom. The average Bonchev–Trinajstić information content (AvgIpc) is 2.47. The Kier molecular flexibility index (Phi) is 3.67. The van der Waals surface area contributed by atoms with Crippen molar-refractivity contribution in [1.29, 1.82) is 0 Å². The number of rotatable bonds is 5. The predicted octanol–water partition coefficient (Wildman–Crippen LogP) is 1.34. The van der Waals surface area contributed by atoms with E-state index >= 15 is 0 Å². The Hall–Kier alpha value is -1.57. The molecule has 0 radical (unpaired) electrons. The van der Waals surface area contributed by atoms with E-state index in [1.54, 1.807) is 0 Å². The van der Waals surface area contributed by atoms with Crippen LogP contribution in [-0.4, -0.2) is 27.9 Å². The van der Waals surface area contributed by atoms with Crippen molar-refractivity contribution < 1.29 is 18.4 Å². The van der Waals surface area contributed by atoms with Crippen LogP contribution in [0, 0.1) is 17.0 Å². The summed E-state index contributed by atoms with van der Waals surface area (Å²) in [6.45, 7) is -1.52. The van der Waals surface area contributed by atoms with Crippen molar-refractivity contribution in [2.45, 2.75) is 20.1 Å². The third-order valence-corrected chi connectivity index (χ3v) is 1.82. The molecule has 1 rings (SSSR count). The van der Waals surface area contributed by atoms with Gasteiger partial charge in [0.05, 0.1) is 18.1 Å². The maximum Gasteiger partial charge on any atom is 0.345 e. The number of halogens is 2. The molecule has 1 aromatic heterocycles. The van der Waals surface area contributed by atoms with Crippen molar-refractivity contribution in [3.63, 3.8) is 0 Å². The normalized spacial score (nSPS) is 10.9. The van der Waals surface area contributed by atoms with Gasteiger partial charge in [0.1, 0.15) is 11.9 Å². The van der Waals surface area contributed by atoms with E-state index in [0.29, 0.717) is 5.69 Å². The van der Waals surface area contributed by atoms with Crippen LogP contribution in [0.1, 0.15) is 5.69 Å². The van der Waals surface area contributed by atoms with Crippen molar-refractivity contribution in [2.24, 2.45) is 0 Å². The first-order valence-corrected chi connectivity index (χ1v) is 4.09. The topological polar surface area (TPSA) is 70.2 Å². The van der Waals surface area contributed by atoms with Crippen LogP contribution in [0.25, 0.3) is 0 Å². The molecule has 0 fully saturated rings. The molecule has 84 valence electrons. The minimum absolute atomic E-state index is 0.0595. The Morgan fingerprint density at radius 2 is 2.40 bits per heavy atom. The van der Waals surface area contributed by atoms with E-state index < -0.39 is 11.5 Å². The summed E-state index contributed by atoms with van der Waals surface area (Å²) in [4.78, 5) is 9.84. The van der Waals surface area contributed by atoms with Crippen LogP contribution in [0.2, 0.25) is 0 Å². The number of hydrogen-bond donors (Lipinski definition) is 0. The molecule has 15 heavy (non-hydrogen) atoms. The fourth-order valence-corrected chi connectivity index (χ4v) is 1.07. The molecule has 0 aliphatic heterocycles. The van der Waals surface area contributed by atoms with Crippen molar-refractivity contribution in [2.75, 3.05) is 6.61 Å². The lowest BCUT2D eigenvalue weighted by molar-refractivity contribution is -0.385. The zero-order valence-corrected chi connectivity index (χ0v) is 7.89. The van der Waals surface area contributed by atoms with Crippen molar-refractivity contribution >= 4 is 5.69 Å². The molecule has 1 heterocycles. The lowest BCUT2D eigenvalue weighted by atomic mass is 10.4. The summed E-state index contributed by atoms with van der Waals surface area (Å²) in [6.07, 6.45) is 1.08. The monoisotopic (exact) mass is 221 g/mol. The maximum absolute atomic E-state index is 11.6. The number of alkyl halides is 2. The summed E-state index contributed by atoms with van der Waals surface area (Å²) < 4.78 is 28.5. The first kappa shape index (κ1) is 11.5. The van der Waals surface area contributed by atoms with Gasteiger partial charge in [-0.15, -0.1) is 0 Å². The second-order valence-electron chi connectivity index (χ2n) is 2.73. The summed E-state index contributed by atoms with van der Waals surface area (Å²) in [5, 5.41) is 14.1. The summed E-state index contributed by atoms with van der Waals surface area (Å²) in [6, 6.07) is 0. The van der Waals surface area contributed by atoms with Gasteiger partial charge < -0.3 is 4.74 Å². The van der Waals surface area contributed by atoms with Crippen LogP contribution in [0.4, 0.5) is 14.5 Å². The van der Waals surface area contributed by atoms with E-state index in [9.17, 15) is 18.9 Å². The highest BCUT2D eigenvalue weighted by Crippen LogP contribution is 2.15. The van der Waals surface area contributed by atoms with Crippen molar-refractivity contribution in [3.05, 3.63) is 22.0 Å². The maximum atomic E-state index is 11.6. The summed E-state index contributed by atoms with van der Waals surface area (Å²) in [5.41, 5.74) is 0.185. The van der Waals surface area contributed by atoms with Gasteiger partial charge in [-0.05, 0) is 6.92 Å². The Morgan fingerprint density at radius 1 is 1.73 bits per heavy atom. The average molecular weight is 221 g/mol. The molecule has 0 saturated carbocycles. The first-order chi connectivity index (χ1) is 7.02. The van der Waals surface area contributed by atoms with Gasteiger partial charge in [0.15, 0.2) is 0 Å². The smallest absolute Gasteiger partial charge is 0.321 e. The molecule has 8 heteroatoms. The van der Waals surface area contributed by atoms with Gasteiger partial charge in [-0.2, -0.15) is 13.9 Å². The Labute approximate surface area is 83.6 Å². The minimum atomic E-state index is -2.84. The second-order valence-corrected chi connectivity index (χ2v) is 2.73.